The van der Waals surface area contributed by atoms with Crippen molar-refractivity contribution in [2.45, 2.75) is 33.1 Å². The van der Waals surface area contributed by atoms with Crippen LogP contribution in [0.5, 0.6) is 0 Å². The topological polar surface area (TPSA) is 54.2 Å². The van der Waals surface area contributed by atoms with Crippen molar-refractivity contribution in [2.24, 2.45) is 5.73 Å². The van der Waals surface area contributed by atoms with Gasteiger partial charge in [-0.1, -0.05) is 12.2 Å². The van der Waals surface area contributed by atoms with Crippen molar-refractivity contribution in [3.8, 4) is 0 Å². The van der Waals surface area contributed by atoms with Crippen LogP contribution in [0, 0.1) is 13.8 Å². The molecule has 20 heavy (non-hydrogen) atoms. The highest BCUT2D eigenvalue weighted by molar-refractivity contribution is 7.80. The van der Waals surface area contributed by atoms with Gasteiger partial charge in [0.25, 0.3) is 0 Å². The molecule has 4 nitrogen and oxygen atoms in total. The molecule has 2 rings (SSSR count). The van der Waals surface area contributed by atoms with Crippen molar-refractivity contribution in [1.29, 1.82) is 0 Å². The van der Waals surface area contributed by atoms with E-state index in [1.54, 1.807) is 0 Å². The van der Waals surface area contributed by atoms with Crippen molar-refractivity contribution in [3.05, 3.63) is 22.9 Å². The summed E-state index contributed by atoms with van der Waals surface area (Å²) in [5.74, 6) is 0.830. The molecule has 0 bridgehead atoms. The van der Waals surface area contributed by atoms with E-state index in [2.05, 4.69) is 15.2 Å². The summed E-state index contributed by atoms with van der Waals surface area (Å²) < 4.78 is 0. The number of aromatic nitrogens is 1. The SMILES string of the molecule is Cc1cc(C)c(C(N)=S)c(NCCCN2CCCC2)n1. The summed E-state index contributed by atoms with van der Waals surface area (Å²) >= 11 is 5.14. The van der Waals surface area contributed by atoms with Crippen molar-refractivity contribution < 1.29 is 0 Å². The molecule has 0 saturated carbocycles. The summed E-state index contributed by atoms with van der Waals surface area (Å²) in [6, 6.07) is 2.02. The zero-order valence-electron chi connectivity index (χ0n) is 12.4. The fourth-order valence-electron chi connectivity index (χ4n) is 2.79. The first-order valence-corrected chi connectivity index (χ1v) is 7.73. The maximum atomic E-state index is 5.81. The number of nitrogens with zero attached hydrogens (tertiary/aromatic N) is 2. The molecule has 1 saturated heterocycles. The second-order valence-corrected chi connectivity index (χ2v) is 5.94. The lowest BCUT2D eigenvalue weighted by molar-refractivity contribution is 0.337. The molecule has 2 heterocycles. The molecule has 1 aliphatic heterocycles. The van der Waals surface area contributed by atoms with Crippen molar-refractivity contribution in [1.82, 2.24) is 9.88 Å². The minimum atomic E-state index is 0.414. The van der Waals surface area contributed by atoms with Crippen LogP contribution in [0.2, 0.25) is 0 Å². The van der Waals surface area contributed by atoms with E-state index in [1.807, 2.05) is 19.9 Å². The number of aryl methyl sites for hydroxylation is 2. The number of rotatable bonds is 6. The maximum Gasteiger partial charge on any atom is 0.136 e. The van der Waals surface area contributed by atoms with Crippen molar-refractivity contribution >= 4 is 23.0 Å². The van der Waals surface area contributed by atoms with E-state index < -0.39 is 0 Å². The van der Waals surface area contributed by atoms with Gasteiger partial charge < -0.3 is 16.0 Å². The fraction of sp³-hybridized carbons (Fsp3) is 0.600. The monoisotopic (exact) mass is 292 g/mol. The third kappa shape index (κ3) is 3.90. The Morgan fingerprint density at radius 1 is 1.40 bits per heavy atom. The van der Waals surface area contributed by atoms with Crippen LogP contribution in [0.3, 0.4) is 0 Å². The molecular weight excluding hydrogens is 268 g/mol. The Hall–Kier alpha value is -1.20. The first-order chi connectivity index (χ1) is 9.58. The molecule has 1 aliphatic rings. The van der Waals surface area contributed by atoms with Crippen LogP contribution in [-0.2, 0) is 0 Å². The van der Waals surface area contributed by atoms with Crippen LogP contribution in [0.25, 0.3) is 0 Å². The molecule has 0 amide bonds. The van der Waals surface area contributed by atoms with E-state index in [4.69, 9.17) is 18.0 Å². The third-order valence-electron chi connectivity index (χ3n) is 3.73. The molecule has 110 valence electrons. The van der Waals surface area contributed by atoms with Gasteiger partial charge in [0, 0.05) is 12.2 Å². The number of nitrogens with one attached hydrogen (secondary N) is 1. The molecule has 0 aliphatic carbocycles. The van der Waals surface area contributed by atoms with Gasteiger partial charge in [-0.15, -0.1) is 0 Å². The number of hydrogen-bond acceptors (Lipinski definition) is 4. The minimum absolute atomic E-state index is 0.414. The number of hydrogen-bond donors (Lipinski definition) is 2. The van der Waals surface area contributed by atoms with Gasteiger partial charge in [0.2, 0.25) is 0 Å². The van der Waals surface area contributed by atoms with Gasteiger partial charge in [-0.2, -0.15) is 0 Å². The van der Waals surface area contributed by atoms with E-state index >= 15 is 0 Å². The van der Waals surface area contributed by atoms with Crippen LogP contribution < -0.4 is 11.1 Å². The standard InChI is InChI=1S/C15H24N4S/c1-11-10-12(2)18-15(13(11)14(16)20)17-6-5-9-19-7-3-4-8-19/h10H,3-9H2,1-2H3,(H2,16,20)(H,17,18). The average molecular weight is 292 g/mol. The zero-order chi connectivity index (χ0) is 14.5. The van der Waals surface area contributed by atoms with Crippen LogP contribution in [-0.4, -0.2) is 41.1 Å². The molecule has 3 N–H and O–H groups in total. The summed E-state index contributed by atoms with van der Waals surface area (Å²) in [6.07, 6.45) is 3.81. The largest absolute Gasteiger partial charge is 0.389 e. The molecular formula is C15H24N4S. The number of likely N-dealkylation sites (tertiary alicyclic amines) is 1. The average Bonchev–Trinajstić information content (AvgIpc) is 2.86. The number of anilines is 1. The quantitative estimate of drug-likeness (QED) is 0.622. The Balaban J connectivity index is 1.92. The predicted octanol–water partition coefficient (Wildman–Crippen LogP) is 2.23. The van der Waals surface area contributed by atoms with Crippen molar-refractivity contribution in [2.75, 3.05) is 31.5 Å². The summed E-state index contributed by atoms with van der Waals surface area (Å²) in [4.78, 5) is 7.47. The Kier molecular flexibility index (Phi) is 5.31. The Bertz CT molecular complexity index is 481. The van der Waals surface area contributed by atoms with Crippen LogP contribution >= 0.6 is 12.2 Å². The smallest absolute Gasteiger partial charge is 0.136 e. The lowest BCUT2D eigenvalue weighted by Crippen LogP contribution is -2.23. The first-order valence-electron chi connectivity index (χ1n) is 7.32. The lowest BCUT2D eigenvalue weighted by atomic mass is 10.1. The molecule has 5 heteroatoms. The van der Waals surface area contributed by atoms with E-state index in [-0.39, 0.29) is 0 Å². The predicted molar refractivity (Wildman–Crippen MR) is 88.4 cm³/mol. The van der Waals surface area contributed by atoms with Gasteiger partial charge in [0.15, 0.2) is 0 Å². The summed E-state index contributed by atoms with van der Waals surface area (Å²) in [7, 11) is 0. The van der Waals surface area contributed by atoms with Crippen LogP contribution in [0.15, 0.2) is 6.07 Å². The minimum Gasteiger partial charge on any atom is -0.389 e. The molecule has 1 aromatic rings. The molecule has 0 radical (unpaired) electrons. The van der Waals surface area contributed by atoms with Gasteiger partial charge in [0.05, 0.1) is 5.56 Å². The highest BCUT2D eigenvalue weighted by atomic mass is 32.1. The molecule has 0 spiro atoms. The molecule has 1 fully saturated rings. The third-order valence-corrected chi connectivity index (χ3v) is 3.94. The highest BCUT2D eigenvalue weighted by Crippen LogP contribution is 2.18. The van der Waals surface area contributed by atoms with E-state index in [0.717, 1.165) is 42.1 Å². The number of nitrogens with two attached hydrogens (primary N) is 1. The van der Waals surface area contributed by atoms with Gasteiger partial charge in [-0.05, 0) is 64.4 Å². The van der Waals surface area contributed by atoms with Gasteiger partial charge in [0.1, 0.15) is 10.8 Å². The van der Waals surface area contributed by atoms with Gasteiger partial charge in [-0.3, -0.25) is 0 Å². The Morgan fingerprint density at radius 2 is 2.10 bits per heavy atom. The highest BCUT2D eigenvalue weighted by Gasteiger charge is 2.12. The fourth-order valence-corrected chi connectivity index (χ4v) is 3.05. The Labute approximate surface area is 126 Å². The summed E-state index contributed by atoms with van der Waals surface area (Å²) in [5, 5.41) is 3.39. The summed E-state index contributed by atoms with van der Waals surface area (Å²) in [5.41, 5.74) is 8.77. The van der Waals surface area contributed by atoms with Gasteiger partial charge in [-0.25, -0.2) is 4.98 Å². The molecule has 0 atom stereocenters. The molecule has 0 aromatic carbocycles. The summed E-state index contributed by atoms with van der Waals surface area (Å²) in [6.45, 7) is 8.58. The second kappa shape index (κ2) is 6.99. The van der Waals surface area contributed by atoms with E-state index in [1.165, 1.54) is 25.9 Å². The Morgan fingerprint density at radius 3 is 2.75 bits per heavy atom. The van der Waals surface area contributed by atoms with E-state index in [9.17, 15) is 0 Å². The second-order valence-electron chi connectivity index (χ2n) is 5.50. The first kappa shape index (κ1) is 15.2. The normalized spacial score (nSPS) is 15.5. The maximum absolute atomic E-state index is 5.81. The van der Waals surface area contributed by atoms with Crippen LogP contribution in [0.4, 0.5) is 5.82 Å². The van der Waals surface area contributed by atoms with E-state index in [0.29, 0.717) is 4.99 Å². The molecule has 0 unspecified atom stereocenters. The number of pyridine rings is 1. The van der Waals surface area contributed by atoms with Crippen LogP contribution in [0.1, 0.15) is 36.1 Å². The van der Waals surface area contributed by atoms with Crippen molar-refractivity contribution in [3.63, 3.8) is 0 Å². The van der Waals surface area contributed by atoms with Gasteiger partial charge >= 0.3 is 0 Å². The lowest BCUT2D eigenvalue weighted by Gasteiger charge is -2.16. The number of thiocarbonyl (C=S) groups is 1. The molecule has 1 aromatic heterocycles. The zero-order valence-corrected chi connectivity index (χ0v) is 13.2.